The summed E-state index contributed by atoms with van der Waals surface area (Å²) in [6, 6.07) is 0. The number of rotatable bonds is 3. The van der Waals surface area contributed by atoms with Gasteiger partial charge in [-0.15, -0.1) is 5.10 Å². The largest absolute Gasteiger partial charge is 0.361 e. The number of carbonyl (C=O) groups excluding carboxylic acids is 1. The van der Waals surface area contributed by atoms with Crippen LogP contribution >= 0.6 is 0 Å². The Balaban J connectivity index is 2.34. The number of ketones is 1. The summed E-state index contributed by atoms with van der Waals surface area (Å²) in [5, 5.41) is 11.7. The lowest BCUT2D eigenvalue weighted by Gasteiger charge is -2.02. The van der Waals surface area contributed by atoms with Gasteiger partial charge in [-0.05, 0) is 20.8 Å². The first kappa shape index (κ1) is 11.5. The number of hydrogen-bond acceptors (Lipinski definition) is 5. The van der Waals surface area contributed by atoms with Crippen LogP contribution in [0, 0.1) is 20.8 Å². The summed E-state index contributed by atoms with van der Waals surface area (Å²) in [4.78, 5) is 11.3. The molecule has 2 heterocycles. The topological polar surface area (TPSA) is 73.8 Å². The lowest BCUT2D eigenvalue weighted by Crippen LogP contribution is -2.06. The molecule has 2 aromatic heterocycles. The highest BCUT2D eigenvalue weighted by atomic mass is 16.5. The predicted molar refractivity (Wildman–Crippen MR) is 59.8 cm³/mol. The third-order valence-electron chi connectivity index (χ3n) is 2.81. The molecule has 0 atom stereocenters. The normalized spacial score (nSPS) is 10.8. The number of aromatic nitrogens is 4. The van der Waals surface area contributed by atoms with E-state index < -0.39 is 0 Å². The number of hydrogen-bond donors (Lipinski definition) is 0. The summed E-state index contributed by atoms with van der Waals surface area (Å²) in [6.07, 6.45) is 0. The first-order valence-electron chi connectivity index (χ1n) is 5.33. The smallest absolute Gasteiger partial charge is 0.181 e. The van der Waals surface area contributed by atoms with Gasteiger partial charge < -0.3 is 4.52 Å². The maximum absolute atomic E-state index is 11.3. The Hall–Kier alpha value is -1.98. The first-order chi connectivity index (χ1) is 8.00. The van der Waals surface area contributed by atoms with E-state index in [-0.39, 0.29) is 5.78 Å². The molecule has 0 aliphatic heterocycles. The second-order valence-electron chi connectivity index (χ2n) is 4.04. The molecule has 2 rings (SSSR count). The Morgan fingerprint density at radius 3 is 2.53 bits per heavy atom. The highest BCUT2D eigenvalue weighted by Crippen LogP contribution is 2.15. The molecule has 0 spiro atoms. The van der Waals surface area contributed by atoms with E-state index in [4.69, 9.17) is 4.52 Å². The molecule has 6 nitrogen and oxygen atoms in total. The molecule has 6 heteroatoms. The fraction of sp³-hybridized carbons (Fsp3) is 0.455. The van der Waals surface area contributed by atoms with Crippen molar-refractivity contribution in [3.8, 4) is 0 Å². The predicted octanol–water partition coefficient (Wildman–Crippen LogP) is 1.44. The van der Waals surface area contributed by atoms with Crippen LogP contribution in [0.4, 0.5) is 0 Å². The minimum absolute atomic E-state index is 0.0764. The van der Waals surface area contributed by atoms with Crippen LogP contribution in [-0.4, -0.2) is 25.9 Å². The Bertz CT molecular complexity index is 549. The second-order valence-corrected chi connectivity index (χ2v) is 4.04. The molecule has 0 amide bonds. The number of aryl methyl sites for hydroxylation is 2. The fourth-order valence-electron chi connectivity index (χ4n) is 1.71. The van der Waals surface area contributed by atoms with E-state index in [0.29, 0.717) is 12.2 Å². The molecule has 0 unspecified atom stereocenters. The highest BCUT2D eigenvalue weighted by molar-refractivity contribution is 5.92. The summed E-state index contributed by atoms with van der Waals surface area (Å²) >= 11 is 0. The molecule has 0 bridgehead atoms. The summed E-state index contributed by atoms with van der Waals surface area (Å²) in [5.74, 6) is 0.689. The Kier molecular flexibility index (Phi) is 2.79. The Morgan fingerprint density at radius 2 is 2.06 bits per heavy atom. The molecule has 2 aromatic rings. The van der Waals surface area contributed by atoms with E-state index in [1.54, 1.807) is 4.68 Å². The summed E-state index contributed by atoms with van der Waals surface area (Å²) in [7, 11) is 0. The van der Waals surface area contributed by atoms with Gasteiger partial charge in [0.05, 0.1) is 17.9 Å². The zero-order chi connectivity index (χ0) is 12.6. The number of Topliss-reactive ketones (excluding diaryl/α,β-unsaturated/α-hetero) is 1. The van der Waals surface area contributed by atoms with Crippen molar-refractivity contribution in [1.82, 2.24) is 20.2 Å². The van der Waals surface area contributed by atoms with Crippen molar-refractivity contribution in [2.24, 2.45) is 0 Å². The lowest BCUT2D eigenvalue weighted by atomic mass is 10.2. The molecular formula is C11H14N4O2. The summed E-state index contributed by atoms with van der Waals surface area (Å²) in [6.45, 7) is 7.57. The van der Waals surface area contributed by atoms with E-state index in [2.05, 4.69) is 15.5 Å². The highest BCUT2D eigenvalue weighted by Gasteiger charge is 2.15. The van der Waals surface area contributed by atoms with Crippen LogP contribution in [-0.2, 0) is 6.54 Å². The van der Waals surface area contributed by atoms with Gasteiger partial charge in [-0.3, -0.25) is 4.79 Å². The SMILES string of the molecule is CC(=O)c1nnn(Cc2c(C)noc2C)c1C. The van der Waals surface area contributed by atoms with E-state index in [1.165, 1.54) is 6.92 Å². The van der Waals surface area contributed by atoms with Crippen LogP contribution < -0.4 is 0 Å². The standard InChI is InChI=1S/C11H14N4O2/c1-6-10(9(4)17-13-6)5-15-7(2)11(8(3)16)12-14-15/h5H2,1-4H3. The summed E-state index contributed by atoms with van der Waals surface area (Å²) < 4.78 is 6.77. The number of nitrogens with zero attached hydrogens (tertiary/aromatic N) is 4. The van der Waals surface area contributed by atoms with Gasteiger partial charge in [-0.25, -0.2) is 4.68 Å². The zero-order valence-corrected chi connectivity index (χ0v) is 10.3. The van der Waals surface area contributed by atoms with Crippen molar-refractivity contribution in [3.63, 3.8) is 0 Å². The monoisotopic (exact) mass is 234 g/mol. The van der Waals surface area contributed by atoms with Gasteiger partial charge in [0.2, 0.25) is 0 Å². The third-order valence-corrected chi connectivity index (χ3v) is 2.81. The van der Waals surface area contributed by atoms with Gasteiger partial charge in [-0.2, -0.15) is 0 Å². The van der Waals surface area contributed by atoms with Crippen molar-refractivity contribution in [1.29, 1.82) is 0 Å². The third kappa shape index (κ3) is 1.98. The molecule has 90 valence electrons. The maximum atomic E-state index is 11.3. The molecule has 0 aromatic carbocycles. The van der Waals surface area contributed by atoms with Gasteiger partial charge in [0.1, 0.15) is 5.76 Å². The van der Waals surface area contributed by atoms with Crippen LogP contribution in [0.2, 0.25) is 0 Å². The van der Waals surface area contributed by atoms with Crippen LogP contribution in [0.25, 0.3) is 0 Å². The van der Waals surface area contributed by atoms with E-state index in [9.17, 15) is 4.79 Å². The summed E-state index contributed by atoms with van der Waals surface area (Å²) in [5.41, 5.74) is 2.99. The number of carbonyl (C=O) groups is 1. The molecule has 0 aliphatic carbocycles. The van der Waals surface area contributed by atoms with Gasteiger partial charge in [0, 0.05) is 12.5 Å². The molecule has 0 fully saturated rings. The quantitative estimate of drug-likeness (QED) is 0.751. The zero-order valence-electron chi connectivity index (χ0n) is 10.3. The molecule has 0 saturated heterocycles. The molecule has 0 saturated carbocycles. The molecule has 17 heavy (non-hydrogen) atoms. The maximum Gasteiger partial charge on any atom is 0.181 e. The van der Waals surface area contributed by atoms with Crippen molar-refractivity contribution in [3.05, 3.63) is 28.4 Å². The lowest BCUT2D eigenvalue weighted by molar-refractivity contribution is 0.101. The van der Waals surface area contributed by atoms with Crippen LogP contribution in [0.5, 0.6) is 0 Å². The molecular weight excluding hydrogens is 220 g/mol. The first-order valence-corrected chi connectivity index (χ1v) is 5.33. The van der Waals surface area contributed by atoms with Crippen molar-refractivity contribution >= 4 is 5.78 Å². The molecule has 0 aliphatic rings. The second kappa shape index (κ2) is 4.12. The average Bonchev–Trinajstić information content (AvgIpc) is 2.77. The van der Waals surface area contributed by atoms with Gasteiger partial charge >= 0.3 is 0 Å². The average molecular weight is 234 g/mol. The van der Waals surface area contributed by atoms with Crippen LogP contribution in [0.15, 0.2) is 4.52 Å². The minimum Gasteiger partial charge on any atom is -0.361 e. The molecule has 0 N–H and O–H groups in total. The minimum atomic E-state index is -0.0764. The van der Waals surface area contributed by atoms with E-state index >= 15 is 0 Å². The van der Waals surface area contributed by atoms with E-state index in [0.717, 1.165) is 22.7 Å². The van der Waals surface area contributed by atoms with Crippen molar-refractivity contribution < 1.29 is 9.32 Å². The van der Waals surface area contributed by atoms with Crippen molar-refractivity contribution in [2.75, 3.05) is 0 Å². The fourth-order valence-corrected chi connectivity index (χ4v) is 1.71. The van der Waals surface area contributed by atoms with E-state index in [1.807, 2.05) is 20.8 Å². The van der Waals surface area contributed by atoms with Crippen LogP contribution in [0.1, 0.15) is 40.1 Å². The van der Waals surface area contributed by atoms with Gasteiger partial charge in [0.15, 0.2) is 11.5 Å². The van der Waals surface area contributed by atoms with Gasteiger partial charge in [0.25, 0.3) is 0 Å². The molecule has 0 radical (unpaired) electrons. The van der Waals surface area contributed by atoms with Crippen LogP contribution in [0.3, 0.4) is 0 Å². The van der Waals surface area contributed by atoms with Crippen molar-refractivity contribution in [2.45, 2.75) is 34.2 Å². The Morgan fingerprint density at radius 1 is 1.35 bits per heavy atom. The Labute approximate surface area is 98.6 Å². The van der Waals surface area contributed by atoms with Gasteiger partial charge in [-0.1, -0.05) is 10.4 Å².